The maximum absolute atomic E-state index is 11.7. The van der Waals surface area contributed by atoms with Gasteiger partial charge in [0, 0.05) is 33.4 Å². The number of nitrogens with zero attached hydrogens (tertiary/aromatic N) is 1. The molecule has 0 bridgehead atoms. The predicted molar refractivity (Wildman–Crippen MR) is 81.7 cm³/mol. The first-order chi connectivity index (χ1) is 8.52. The van der Waals surface area contributed by atoms with E-state index in [-0.39, 0.29) is 24.2 Å². The van der Waals surface area contributed by atoms with Gasteiger partial charge in [0.15, 0.2) is 0 Å². The molecule has 0 aromatic heterocycles. The third kappa shape index (κ3) is 10.1. The summed E-state index contributed by atoms with van der Waals surface area (Å²) in [5, 5.41) is 2.88. The monoisotopic (exact) mass is 295 g/mol. The molecule has 6 heteroatoms. The molecule has 0 heterocycles. The molecule has 19 heavy (non-hydrogen) atoms. The van der Waals surface area contributed by atoms with Gasteiger partial charge in [0.1, 0.15) is 0 Å². The number of likely N-dealkylation sites (N-methyl/N-ethyl adjacent to an activating group) is 1. The van der Waals surface area contributed by atoms with Gasteiger partial charge in [0.25, 0.3) is 0 Å². The number of nitrogens with one attached hydrogen (secondary N) is 1. The van der Waals surface area contributed by atoms with Crippen LogP contribution in [0.25, 0.3) is 0 Å². The van der Waals surface area contributed by atoms with Gasteiger partial charge in [-0.15, -0.1) is 12.4 Å². The second-order valence-corrected chi connectivity index (χ2v) is 4.85. The van der Waals surface area contributed by atoms with E-state index in [1.165, 1.54) is 0 Å². The first-order valence-corrected chi connectivity index (χ1v) is 6.73. The molecule has 0 aliphatic carbocycles. The number of carbonyl (C=O) groups is 1. The third-order valence-corrected chi connectivity index (χ3v) is 3.24. The second kappa shape index (κ2) is 12.7. The highest BCUT2D eigenvalue weighted by Crippen LogP contribution is 2.04. The van der Waals surface area contributed by atoms with Crippen LogP contribution in [0.2, 0.25) is 0 Å². The van der Waals surface area contributed by atoms with Crippen LogP contribution in [0.3, 0.4) is 0 Å². The number of carbonyl (C=O) groups excluding carboxylic acids is 1. The largest absolute Gasteiger partial charge is 0.385 e. The second-order valence-electron chi connectivity index (χ2n) is 4.85. The molecule has 0 spiro atoms. The molecule has 0 rings (SSSR count). The van der Waals surface area contributed by atoms with Crippen LogP contribution in [0.1, 0.15) is 26.7 Å². The quantitative estimate of drug-likeness (QED) is 0.587. The van der Waals surface area contributed by atoms with Gasteiger partial charge < -0.3 is 20.7 Å². The van der Waals surface area contributed by atoms with E-state index in [2.05, 4.69) is 10.2 Å². The van der Waals surface area contributed by atoms with Crippen molar-refractivity contribution in [3.63, 3.8) is 0 Å². The van der Waals surface area contributed by atoms with Crippen molar-refractivity contribution in [2.45, 2.75) is 32.7 Å². The topological polar surface area (TPSA) is 67.6 Å². The molecule has 1 amide bonds. The number of amides is 1. The zero-order valence-corrected chi connectivity index (χ0v) is 13.5. The van der Waals surface area contributed by atoms with Crippen molar-refractivity contribution in [1.29, 1.82) is 0 Å². The Morgan fingerprint density at radius 3 is 2.58 bits per heavy atom. The minimum atomic E-state index is -0.395. The molecule has 2 atom stereocenters. The van der Waals surface area contributed by atoms with Gasteiger partial charge in [-0.1, -0.05) is 20.3 Å². The van der Waals surface area contributed by atoms with E-state index in [1.807, 2.05) is 20.9 Å². The number of methoxy groups -OCH3 is 1. The lowest BCUT2D eigenvalue weighted by Crippen LogP contribution is -2.46. The predicted octanol–water partition coefficient (Wildman–Crippen LogP) is 0.866. The molecule has 0 aliphatic rings. The Labute approximate surface area is 123 Å². The molecule has 0 saturated heterocycles. The SMILES string of the molecule is CCC(C)C(N)C(=O)NCCN(C)CCCOC.Cl. The summed E-state index contributed by atoms with van der Waals surface area (Å²) in [6.45, 7) is 7.27. The lowest BCUT2D eigenvalue weighted by molar-refractivity contribution is -0.123. The average Bonchev–Trinajstić information content (AvgIpc) is 2.37. The molecule has 0 aromatic carbocycles. The van der Waals surface area contributed by atoms with Crippen LogP contribution in [0.4, 0.5) is 0 Å². The average molecular weight is 296 g/mol. The number of hydrogen-bond acceptors (Lipinski definition) is 4. The molecular weight excluding hydrogens is 266 g/mol. The molecule has 0 radical (unpaired) electrons. The molecule has 0 fully saturated rings. The van der Waals surface area contributed by atoms with Crippen molar-refractivity contribution in [2.24, 2.45) is 11.7 Å². The summed E-state index contributed by atoms with van der Waals surface area (Å²) in [4.78, 5) is 13.9. The Morgan fingerprint density at radius 2 is 2.05 bits per heavy atom. The Balaban J connectivity index is 0. The summed E-state index contributed by atoms with van der Waals surface area (Å²) in [7, 11) is 3.74. The molecule has 3 N–H and O–H groups in total. The summed E-state index contributed by atoms with van der Waals surface area (Å²) in [6, 6.07) is -0.395. The summed E-state index contributed by atoms with van der Waals surface area (Å²) in [5.41, 5.74) is 5.84. The van der Waals surface area contributed by atoms with E-state index in [0.29, 0.717) is 6.54 Å². The van der Waals surface area contributed by atoms with Crippen molar-refractivity contribution < 1.29 is 9.53 Å². The summed E-state index contributed by atoms with van der Waals surface area (Å²) >= 11 is 0. The zero-order chi connectivity index (χ0) is 14.0. The van der Waals surface area contributed by atoms with E-state index in [4.69, 9.17) is 10.5 Å². The Kier molecular flexibility index (Phi) is 14.0. The fourth-order valence-corrected chi connectivity index (χ4v) is 1.59. The highest BCUT2D eigenvalue weighted by molar-refractivity contribution is 5.85. The summed E-state index contributed by atoms with van der Waals surface area (Å²) in [5.74, 6) is 0.180. The molecule has 0 aromatic rings. The number of nitrogens with two attached hydrogens (primary N) is 1. The minimum absolute atomic E-state index is 0. The van der Waals surface area contributed by atoms with Crippen LogP contribution < -0.4 is 11.1 Å². The Bertz CT molecular complexity index is 230. The van der Waals surface area contributed by atoms with E-state index < -0.39 is 6.04 Å². The normalized spacial score (nSPS) is 13.8. The highest BCUT2D eigenvalue weighted by atomic mass is 35.5. The van der Waals surface area contributed by atoms with Crippen LogP contribution in [-0.4, -0.2) is 57.2 Å². The molecular formula is C13H30ClN3O2. The van der Waals surface area contributed by atoms with Crippen molar-refractivity contribution >= 4 is 18.3 Å². The lowest BCUT2D eigenvalue weighted by Gasteiger charge is -2.20. The van der Waals surface area contributed by atoms with E-state index in [1.54, 1.807) is 7.11 Å². The van der Waals surface area contributed by atoms with Gasteiger partial charge in [-0.05, 0) is 19.4 Å². The van der Waals surface area contributed by atoms with Crippen LogP contribution in [0.5, 0.6) is 0 Å². The molecule has 2 unspecified atom stereocenters. The first kappa shape index (κ1) is 20.9. The molecule has 5 nitrogen and oxygen atoms in total. The Morgan fingerprint density at radius 1 is 1.42 bits per heavy atom. The van der Waals surface area contributed by atoms with Gasteiger partial charge in [-0.2, -0.15) is 0 Å². The zero-order valence-electron chi connectivity index (χ0n) is 12.6. The van der Waals surface area contributed by atoms with Gasteiger partial charge in [0.05, 0.1) is 6.04 Å². The van der Waals surface area contributed by atoms with Crippen molar-refractivity contribution in [3.05, 3.63) is 0 Å². The van der Waals surface area contributed by atoms with Crippen molar-refractivity contribution in [1.82, 2.24) is 10.2 Å². The third-order valence-electron chi connectivity index (χ3n) is 3.24. The van der Waals surface area contributed by atoms with Crippen LogP contribution >= 0.6 is 12.4 Å². The first-order valence-electron chi connectivity index (χ1n) is 6.73. The van der Waals surface area contributed by atoms with E-state index in [9.17, 15) is 4.79 Å². The van der Waals surface area contributed by atoms with Crippen molar-refractivity contribution in [3.8, 4) is 0 Å². The lowest BCUT2D eigenvalue weighted by atomic mass is 9.99. The molecule has 116 valence electrons. The van der Waals surface area contributed by atoms with Gasteiger partial charge in [-0.25, -0.2) is 0 Å². The van der Waals surface area contributed by atoms with Crippen LogP contribution in [0, 0.1) is 5.92 Å². The summed E-state index contributed by atoms with van der Waals surface area (Å²) < 4.78 is 4.99. The number of ether oxygens (including phenoxy) is 1. The van der Waals surface area contributed by atoms with Gasteiger partial charge in [0.2, 0.25) is 5.91 Å². The number of hydrogen-bond donors (Lipinski definition) is 2. The minimum Gasteiger partial charge on any atom is -0.385 e. The smallest absolute Gasteiger partial charge is 0.237 e. The van der Waals surface area contributed by atoms with Gasteiger partial charge >= 0.3 is 0 Å². The van der Waals surface area contributed by atoms with Crippen LogP contribution in [0.15, 0.2) is 0 Å². The maximum atomic E-state index is 11.7. The maximum Gasteiger partial charge on any atom is 0.237 e. The molecule has 0 saturated carbocycles. The number of rotatable bonds is 10. The highest BCUT2D eigenvalue weighted by Gasteiger charge is 2.18. The fraction of sp³-hybridized carbons (Fsp3) is 0.923. The van der Waals surface area contributed by atoms with Gasteiger partial charge in [-0.3, -0.25) is 4.79 Å². The van der Waals surface area contributed by atoms with E-state index >= 15 is 0 Å². The Hall–Kier alpha value is -0.360. The van der Waals surface area contributed by atoms with E-state index in [0.717, 1.165) is 32.5 Å². The number of halogens is 1. The summed E-state index contributed by atoms with van der Waals surface area (Å²) in [6.07, 6.45) is 1.93. The van der Waals surface area contributed by atoms with Crippen LogP contribution in [-0.2, 0) is 9.53 Å². The fourth-order valence-electron chi connectivity index (χ4n) is 1.59. The van der Waals surface area contributed by atoms with Crippen molar-refractivity contribution in [2.75, 3.05) is 40.4 Å². The molecule has 0 aliphatic heterocycles. The standard InChI is InChI=1S/C13H29N3O2.ClH/c1-5-11(2)12(14)13(17)15-7-9-16(3)8-6-10-18-4;/h11-12H,5-10,14H2,1-4H3,(H,15,17);1H.